The van der Waals surface area contributed by atoms with Gasteiger partial charge in [0.05, 0.1) is 13.2 Å². The molecule has 0 spiro atoms. The molecule has 1 atom stereocenters. The molecule has 0 bridgehead atoms. The Morgan fingerprint density at radius 3 is 2.25 bits per heavy atom. The highest BCUT2D eigenvalue weighted by atomic mass is 16.5. The molecule has 0 saturated carbocycles. The van der Waals surface area contributed by atoms with Crippen LogP contribution in [-0.4, -0.2) is 18.3 Å². The van der Waals surface area contributed by atoms with Gasteiger partial charge in [-0.15, -0.1) is 0 Å². The smallest absolute Gasteiger partial charge is 0.122 e. The second-order valence-corrected chi connectivity index (χ2v) is 5.62. The molecule has 2 nitrogen and oxygen atoms in total. The van der Waals surface area contributed by atoms with Crippen LogP contribution < -0.4 is 4.74 Å². The Morgan fingerprint density at radius 2 is 1.60 bits per heavy atom. The van der Waals surface area contributed by atoms with Crippen molar-refractivity contribution in [1.82, 2.24) is 0 Å². The number of ether oxygens (including phenoxy) is 1. The van der Waals surface area contributed by atoms with Gasteiger partial charge in [0.15, 0.2) is 0 Å². The summed E-state index contributed by atoms with van der Waals surface area (Å²) in [6.45, 7) is 4.14. The van der Waals surface area contributed by atoms with E-state index in [4.69, 9.17) is 4.74 Å². The normalized spacial score (nSPS) is 13.0. The van der Waals surface area contributed by atoms with Gasteiger partial charge >= 0.3 is 0 Å². The zero-order chi connectivity index (χ0) is 14.6. The van der Waals surface area contributed by atoms with Crippen LogP contribution in [0.3, 0.4) is 0 Å². The Labute approximate surface area is 121 Å². The van der Waals surface area contributed by atoms with Crippen molar-refractivity contribution >= 4 is 0 Å². The molecular formula is C18H22O2. The molecule has 20 heavy (non-hydrogen) atoms. The van der Waals surface area contributed by atoms with Crippen molar-refractivity contribution in [3.63, 3.8) is 0 Å². The van der Waals surface area contributed by atoms with E-state index < -0.39 is 6.10 Å². The first kappa shape index (κ1) is 14.6. The Morgan fingerprint density at radius 1 is 1.00 bits per heavy atom. The number of para-hydroxylation sites is 1. The van der Waals surface area contributed by atoms with E-state index in [0.29, 0.717) is 6.42 Å². The minimum Gasteiger partial charge on any atom is -0.496 e. The molecule has 2 aromatic carbocycles. The molecular weight excluding hydrogens is 248 g/mol. The third kappa shape index (κ3) is 3.02. The fourth-order valence-electron chi connectivity index (χ4n) is 2.40. The molecule has 106 valence electrons. The summed E-state index contributed by atoms with van der Waals surface area (Å²) < 4.78 is 5.35. The van der Waals surface area contributed by atoms with Gasteiger partial charge in [0, 0.05) is 11.8 Å². The zero-order valence-electron chi connectivity index (χ0n) is 12.3. The number of benzene rings is 2. The van der Waals surface area contributed by atoms with Gasteiger partial charge < -0.3 is 9.84 Å². The maximum Gasteiger partial charge on any atom is 0.122 e. The van der Waals surface area contributed by atoms with Crippen LogP contribution in [0.4, 0.5) is 0 Å². The second-order valence-electron chi connectivity index (χ2n) is 5.62. The molecule has 2 rings (SSSR count). The summed E-state index contributed by atoms with van der Waals surface area (Å²) in [5, 5.41) is 10.6. The maximum absolute atomic E-state index is 10.6. The monoisotopic (exact) mass is 270 g/mol. The van der Waals surface area contributed by atoms with Gasteiger partial charge in [-0.2, -0.15) is 0 Å². The number of hydrogen-bond donors (Lipinski definition) is 1. The summed E-state index contributed by atoms with van der Waals surface area (Å²) in [7, 11) is 1.66. The van der Waals surface area contributed by atoms with Crippen molar-refractivity contribution in [3.8, 4) is 5.75 Å². The van der Waals surface area contributed by atoms with E-state index >= 15 is 0 Å². The first-order valence-electron chi connectivity index (χ1n) is 6.91. The lowest BCUT2D eigenvalue weighted by Crippen LogP contribution is -2.35. The van der Waals surface area contributed by atoms with E-state index in [0.717, 1.165) is 16.9 Å². The van der Waals surface area contributed by atoms with Gasteiger partial charge in [-0.25, -0.2) is 0 Å². The van der Waals surface area contributed by atoms with Crippen molar-refractivity contribution in [2.75, 3.05) is 7.11 Å². The molecule has 1 unspecified atom stereocenters. The summed E-state index contributed by atoms with van der Waals surface area (Å²) in [5.41, 5.74) is 1.87. The quantitative estimate of drug-likeness (QED) is 0.900. The van der Waals surface area contributed by atoms with Gasteiger partial charge in [0.1, 0.15) is 5.75 Å². The number of aliphatic hydroxyl groups excluding tert-OH is 1. The van der Waals surface area contributed by atoms with Crippen molar-refractivity contribution in [1.29, 1.82) is 0 Å². The average Bonchev–Trinajstić information content (AvgIpc) is 2.48. The molecule has 1 N–H and O–H groups in total. The summed E-state index contributed by atoms with van der Waals surface area (Å²) in [4.78, 5) is 0. The third-order valence-electron chi connectivity index (χ3n) is 3.96. The predicted molar refractivity (Wildman–Crippen MR) is 82.2 cm³/mol. The Balaban J connectivity index is 2.21. The van der Waals surface area contributed by atoms with Crippen LogP contribution in [0.5, 0.6) is 5.75 Å². The summed E-state index contributed by atoms with van der Waals surface area (Å²) in [5.74, 6) is 0.829. The van der Waals surface area contributed by atoms with Crippen LogP contribution >= 0.6 is 0 Å². The fourth-order valence-corrected chi connectivity index (χ4v) is 2.40. The van der Waals surface area contributed by atoms with Crippen LogP contribution in [0, 0.1) is 0 Å². The number of rotatable bonds is 5. The molecule has 2 aromatic rings. The largest absolute Gasteiger partial charge is 0.496 e. The lowest BCUT2D eigenvalue weighted by Gasteiger charge is -2.31. The number of aliphatic hydroxyl groups is 1. The maximum atomic E-state index is 10.6. The van der Waals surface area contributed by atoms with Crippen LogP contribution in [0.1, 0.15) is 25.0 Å². The van der Waals surface area contributed by atoms with E-state index in [1.165, 1.54) is 0 Å². The Hall–Kier alpha value is -1.80. The summed E-state index contributed by atoms with van der Waals surface area (Å²) >= 11 is 0. The van der Waals surface area contributed by atoms with Gasteiger partial charge in [-0.1, -0.05) is 62.4 Å². The van der Waals surface area contributed by atoms with Crippen molar-refractivity contribution in [2.45, 2.75) is 31.8 Å². The van der Waals surface area contributed by atoms with Crippen LogP contribution in [-0.2, 0) is 11.8 Å². The van der Waals surface area contributed by atoms with Gasteiger partial charge in [-0.3, -0.25) is 0 Å². The van der Waals surface area contributed by atoms with Crippen molar-refractivity contribution in [2.24, 2.45) is 0 Å². The SMILES string of the molecule is COc1ccccc1CC(O)C(C)(C)c1ccccc1. The number of methoxy groups -OCH3 is 1. The van der Waals surface area contributed by atoms with Crippen molar-refractivity contribution in [3.05, 3.63) is 65.7 Å². The van der Waals surface area contributed by atoms with Crippen molar-refractivity contribution < 1.29 is 9.84 Å². The standard InChI is InChI=1S/C18H22O2/c1-18(2,15-10-5-4-6-11-15)17(19)13-14-9-7-8-12-16(14)20-3/h4-12,17,19H,13H2,1-3H3. The van der Waals surface area contributed by atoms with E-state index in [2.05, 4.69) is 26.0 Å². The molecule has 0 fully saturated rings. The lowest BCUT2D eigenvalue weighted by atomic mass is 9.77. The predicted octanol–water partition coefficient (Wildman–Crippen LogP) is 3.58. The summed E-state index contributed by atoms with van der Waals surface area (Å²) in [6, 6.07) is 18.0. The number of hydrogen-bond acceptors (Lipinski definition) is 2. The molecule has 0 aliphatic heterocycles. The van der Waals surface area contributed by atoms with E-state index in [1.54, 1.807) is 7.11 Å². The van der Waals surface area contributed by atoms with Crippen LogP contribution in [0.25, 0.3) is 0 Å². The van der Waals surface area contributed by atoms with Crippen LogP contribution in [0.15, 0.2) is 54.6 Å². The van der Waals surface area contributed by atoms with Gasteiger partial charge in [-0.05, 0) is 17.2 Å². The summed E-state index contributed by atoms with van der Waals surface area (Å²) in [6.07, 6.45) is 0.104. The van der Waals surface area contributed by atoms with Crippen LogP contribution in [0.2, 0.25) is 0 Å². The first-order valence-corrected chi connectivity index (χ1v) is 6.91. The molecule has 0 aliphatic carbocycles. The molecule has 0 heterocycles. The van der Waals surface area contributed by atoms with E-state index in [1.807, 2.05) is 42.5 Å². The lowest BCUT2D eigenvalue weighted by molar-refractivity contribution is 0.0993. The minimum atomic E-state index is -0.471. The highest BCUT2D eigenvalue weighted by Gasteiger charge is 2.30. The molecule has 0 saturated heterocycles. The molecule has 0 amide bonds. The average molecular weight is 270 g/mol. The molecule has 0 radical (unpaired) electrons. The van der Waals surface area contributed by atoms with E-state index in [9.17, 15) is 5.11 Å². The van der Waals surface area contributed by atoms with Gasteiger partial charge in [0.25, 0.3) is 0 Å². The third-order valence-corrected chi connectivity index (χ3v) is 3.96. The Bertz CT molecular complexity index is 546. The Kier molecular flexibility index (Phi) is 4.46. The highest BCUT2D eigenvalue weighted by Crippen LogP contribution is 2.30. The minimum absolute atomic E-state index is 0.303. The highest BCUT2D eigenvalue weighted by molar-refractivity contribution is 5.35. The van der Waals surface area contributed by atoms with Gasteiger partial charge in [0.2, 0.25) is 0 Å². The molecule has 2 heteroatoms. The zero-order valence-corrected chi connectivity index (χ0v) is 12.3. The molecule has 0 aliphatic rings. The molecule has 0 aromatic heterocycles. The topological polar surface area (TPSA) is 29.5 Å². The second kappa shape index (κ2) is 6.10. The fraction of sp³-hybridized carbons (Fsp3) is 0.333. The van der Waals surface area contributed by atoms with E-state index in [-0.39, 0.29) is 5.41 Å². The first-order chi connectivity index (χ1) is 9.55.